The first-order valence-electron chi connectivity index (χ1n) is 6.60. The van der Waals surface area contributed by atoms with E-state index in [1.807, 2.05) is 13.8 Å². The van der Waals surface area contributed by atoms with E-state index in [1.54, 1.807) is 30.3 Å². The fourth-order valence-corrected chi connectivity index (χ4v) is 1.73. The average molecular weight is 287 g/mol. The van der Waals surface area contributed by atoms with Gasteiger partial charge in [0.2, 0.25) is 5.91 Å². The maximum absolute atomic E-state index is 11.6. The molecule has 0 saturated carbocycles. The molecule has 0 bridgehead atoms. The topological polar surface area (TPSA) is 94.3 Å². The smallest absolute Gasteiger partial charge is 0.412 e. The average Bonchev–Trinajstić information content (AvgIpc) is 2.44. The number of carbonyl (C=O) groups excluding carboxylic acids is 2. The van der Waals surface area contributed by atoms with Gasteiger partial charge in [-0.1, -0.05) is 13.8 Å². The van der Waals surface area contributed by atoms with Gasteiger partial charge in [0.25, 0.3) is 0 Å². The molecular formula is C15H17N3O3. The summed E-state index contributed by atoms with van der Waals surface area (Å²) in [6, 6.07) is 8.33. The van der Waals surface area contributed by atoms with Gasteiger partial charge in [-0.25, -0.2) is 9.78 Å². The van der Waals surface area contributed by atoms with E-state index in [1.165, 1.54) is 0 Å². The Balaban J connectivity index is 2.14. The standard InChI is InChI=1S/C15H17N3O3/c1-9(2)8-21-15(20)18-13-6-4-10-7-11(14(16)19)3-5-12(10)17-13/h3-7,9H,8H2,1-2H3,(H2,16,19)(H,17,18,20). The third kappa shape index (κ3) is 3.92. The van der Waals surface area contributed by atoms with Gasteiger partial charge in [0.05, 0.1) is 12.1 Å². The number of benzene rings is 1. The largest absolute Gasteiger partial charge is 0.449 e. The van der Waals surface area contributed by atoms with E-state index in [2.05, 4.69) is 10.3 Å². The van der Waals surface area contributed by atoms with Crippen molar-refractivity contribution in [2.24, 2.45) is 11.7 Å². The molecule has 2 rings (SSSR count). The molecule has 0 aliphatic carbocycles. The SMILES string of the molecule is CC(C)COC(=O)Nc1ccc2cc(C(N)=O)ccc2n1. The molecule has 0 radical (unpaired) electrons. The van der Waals surface area contributed by atoms with E-state index >= 15 is 0 Å². The first-order chi connectivity index (χ1) is 9.95. The molecule has 1 heterocycles. The lowest BCUT2D eigenvalue weighted by atomic mass is 10.1. The molecule has 0 atom stereocenters. The zero-order chi connectivity index (χ0) is 15.4. The van der Waals surface area contributed by atoms with Crippen molar-refractivity contribution in [2.75, 3.05) is 11.9 Å². The number of carbonyl (C=O) groups is 2. The maximum Gasteiger partial charge on any atom is 0.412 e. The molecule has 1 aromatic heterocycles. The highest BCUT2D eigenvalue weighted by atomic mass is 16.5. The predicted octanol–water partition coefficient (Wildman–Crippen LogP) is 2.54. The van der Waals surface area contributed by atoms with Crippen LogP contribution in [0.3, 0.4) is 0 Å². The van der Waals surface area contributed by atoms with Crippen molar-refractivity contribution in [1.29, 1.82) is 0 Å². The van der Waals surface area contributed by atoms with Crippen LogP contribution in [0, 0.1) is 5.92 Å². The third-order valence-corrected chi connectivity index (χ3v) is 2.75. The van der Waals surface area contributed by atoms with E-state index < -0.39 is 12.0 Å². The molecule has 0 aliphatic heterocycles. The molecule has 1 aromatic carbocycles. The minimum absolute atomic E-state index is 0.271. The van der Waals surface area contributed by atoms with E-state index in [-0.39, 0.29) is 5.92 Å². The Morgan fingerprint density at radius 1 is 1.29 bits per heavy atom. The number of aromatic nitrogens is 1. The first kappa shape index (κ1) is 14.8. The zero-order valence-electron chi connectivity index (χ0n) is 11.9. The van der Waals surface area contributed by atoms with E-state index in [4.69, 9.17) is 10.5 Å². The molecule has 2 aromatic rings. The van der Waals surface area contributed by atoms with E-state index in [9.17, 15) is 9.59 Å². The number of primary amides is 1. The molecular weight excluding hydrogens is 270 g/mol. The van der Waals surface area contributed by atoms with Crippen LogP contribution in [0.15, 0.2) is 30.3 Å². The third-order valence-electron chi connectivity index (χ3n) is 2.75. The summed E-state index contributed by atoms with van der Waals surface area (Å²) in [5.41, 5.74) is 6.30. The summed E-state index contributed by atoms with van der Waals surface area (Å²) in [6.07, 6.45) is -0.538. The van der Waals surface area contributed by atoms with Crippen LogP contribution in [0.5, 0.6) is 0 Å². The Kier molecular flexibility index (Phi) is 4.37. The first-order valence-corrected chi connectivity index (χ1v) is 6.60. The summed E-state index contributed by atoms with van der Waals surface area (Å²) in [5.74, 6) is 0.173. The van der Waals surface area contributed by atoms with Crippen molar-refractivity contribution in [3.05, 3.63) is 35.9 Å². The molecule has 110 valence electrons. The molecule has 6 heteroatoms. The van der Waals surface area contributed by atoms with Crippen molar-refractivity contribution >= 4 is 28.7 Å². The Bertz CT molecular complexity index is 683. The van der Waals surface area contributed by atoms with Crippen LogP contribution < -0.4 is 11.1 Å². The van der Waals surface area contributed by atoms with Gasteiger partial charge < -0.3 is 10.5 Å². The number of nitrogens with zero attached hydrogens (tertiary/aromatic N) is 1. The highest BCUT2D eigenvalue weighted by Gasteiger charge is 2.07. The van der Waals surface area contributed by atoms with E-state index in [0.717, 1.165) is 5.39 Å². The molecule has 2 amide bonds. The number of fused-ring (bicyclic) bond motifs is 1. The lowest BCUT2D eigenvalue weighted by Gasteiger charge is -2.09. The molecule has 0 unspecified atom stereocenters. The fourth-order valence-electron chi connectivity index (χ4n) is 1.73. The second kappa shape index (κ2) is 6.21. The molecule has 0 spiro atoms. The number of anilines is 1. The highest BCUT2D eigenvalue weighted by molar-refractivity contribution is 5.97. The van der Waals surface area contributed by atoms with Crippen LogP contribution in [-0.4, -0.2) is 23.6 Å². The van der Waals surface area contributed by atoms with Gasteiger partial charge in [0, 0.05) is 10.9 Å². The van der Waals surface area contributed by atoms with Gasteiger partial charge in [-0.2, -0.15) is 0 Å². The minimum Gasteiger partial charge on any atom is -0.449 e. The van der Waals surface area contributed by atoms with Gasteiger partial charge in [0.15, 0.2) is 0 Å². The number of ether oxygens (including phenoxy) is 1. The number of nitrogens with one attached hydrogen (secondary N) is 1. The second-order valence-corrected chi connectivity index (χ2v) is 5.09. The van der Waals surface area contributed by atoms with E-state index in [0.29, 0.717) is 23.5 Å². The molecule has 3 N–H and O–H groups in total. The monoisotopic (exact) mass is 287 g/mol. The Labute approximate surface area is 122 Å². The predicted molar refractivity (Wildman–Crippen MR) is 80.1 cm³/mol. The Morgan fingerprint density at radius 2 is 2.05 bits per heavy atom. The number of pyridine rings is 1. The van der Waals surface area contributed by atoms with Crippen LogP contribution in [0.1, 0.15) is 24.2 Å². The van der Waals surface area contributed by atoms with Gasteiger partial charge in [-0.05, 0) is 36.2 Å². The van der Waals surface area contributed by atoms with Crippen molar-refractivity contribution < 1.29 is 14.3 Å². The highest BCUT2D eigenvalue weighted by Crippen LogP contribution is 2.17. The Hall–Kier alpha value is -2.63. The van der Waals surface area contributed by atoms with Crippen LogP contribution in [0.4, 0.5) is 10.6 Å². The second-order valence-electron chi connectivity index (χ2n) is 5.09. The van der Waals surface area contributed by atoms with Crippen molar-refractivity contribution in [3.63, 3.8) is 0 Å². The normalized spacial score (nSPS) is 10.6. The molecule has 0 fully saturated rings. The van der Waals surface area contributed by atoms with Crippen LogP contribution in [0.2, 0.25) is 0 Å². The van der Waals surface area contributed by atoms with Crippen molar-refractivity contribution in [1.82, 2.24) is 4.98 Å². The van der Waals surface area contributed by atoms with Gasteiger partial charge in [0.1, 0.15) is 5.82 Å². The number of hydrogen-bond donors (Lipinski definition) is 2. The van der Waals surface area contributed by atoms with Crippen LogP contribution >= 0.6 is 0 Å². The lowest BCUT2D eigenvalue weighted by molar-refractivity contribution is 0.100. The summed E-state index contributed by atoms with van der Waals surface area (Å²) >= 11 is 0. The zero-order valence-corrected chi connectivity index (χ0v) is 11.9. The summed E-state index contributed by atoms with van der Waals surface area (Å²) in [5, 5.41) is 3.33. The summed E-state index contributed by atoms with van der Waals surface area (Å²) < 4.78 is 5.02. The molecule has 0 saturated heterocycles. The molecule has 21 heavy (non-hydrogen) atoms. The maximum atomic E-state index is 11.6. The number of amides is 2. The Morgan fingerprint density at radius 3 is 2.71 bits per heavy atom. The van der Waals surface area contributed by atoms with Gasteiger partial charge in [-0.15, -0.1) is 0 Å². The number of nitrogens with two attached hydrogens (primary N) is 1. The number of hydrogen-bond acceptors (Lipinski definition) is 4. The molecule has 0 aliphatic rings. The van der Waals surface area contributed by atoms with Crippen molar-refractivity contribution in [3.8, 4) is 0 Å². The van der Waals surface area contributed by atoms with Crippen LogP contribution in [0.25, 0.3) is 10.9 Å². The van der Waals surface area contributed by atoms with Gasteiger partial charge in [-0.3, -0.25) is 10.1 Å². The fraction of sp³-hybridized carbons (Fsp3) is 0.267. The van der Waals surface area contributed by atoms with Gasteiger partial charge >= 0.3 is 6.09 Å². The lowest BCUT2D eigenvalue weighted by Crippen LogP contribution is -2.17. The quantitative estimate of drug-likeness (QED) is 0.903. The van der Waals surface area contributed by atoms with Crippen molar-refractivity contribution in [2.45, 2.75) is 13.8 Å². The summed E-state index contributed by atoms with van der Waals surface area (Å²) in [7, 11) is 0. The molecule has 6 nitrogen and oxygen atoms in total. The van der Waals surface area contributed by atoms with Crippen LogP contribution in [-0.2, 0) is 4.74 Å². The summed E-state index contributed by atoms with van der Waals surface area (Å²) in [6.45, 7) is 4.26. The minimum atomic E-state index is -0.538. The number of rotatable bonds is 4. The summed E-state index contributed by atoms with van der Waals surface area (Å²) in [4.78, 5) is 27.0.